The Morgan fingerprint density at radius 2 is 1.68 bits per heavy atom. The highest BCUT2D eigenvalue weighted by Gasteiger charge is 2.68. The summed E-state index contributed by atoms with van der Waals surface area (Å²) < 4.78 is 0. The molecule has 3 N–H and O–H groups in total. The van der Waals surface area contributed by atoms with Crippen LogP contribution in [0.5, 0.6) is 0 Å². The molecule has 0 spiro atoms. The number of hydrogen-bond acceptors (Lipinski definition) is 4. The highest BCUT2D eigenvalue weighted by Crippen LogP contribution is 2.63. The highest BCUT2D eigenvalue weighted by atomic mass is 16.3. The summed E-state index contributed by atoms with van der Waals surface area (Å²) in [5.41, 5.74) is -3.62. The van der Waals surface area contributed by atoms with Crippen LogP contribution >= 0.6 is 0 Å². The molecule has 0 amide bonds. The van der Waals surface area contributed by atoms with Gasteiger partial charge < -0.3 is 15.3 Å². The molecule has 0 aromatic rings. The van der Waals surface area contributed by atoms with Gasteiger partial charge >= 0.3 is 0 Å². The number of fused-ring (bicyclic) bond motifs is 1. The van der Waals surface area contributed by atoms with E-state index in [0.29, 0.717) is 25.7 Å². The predicted octanol–water partition coefficient (Wildman–Crippen LogP) is 1.27. The fraction of sp³-hybridized carbons (Fsp3) is 0.933. The Hall–Kier alpha value is -0.450. The summed E-state index contributed by atoms with van der Waals surface area (Å²) in [7, 11) is 0. The van der Waals surface area contributed by atoms with Gasteiger partial charge in [-0.25, -0.2) is 0 Å². The third-order valence-electron chi connectivity index (χ3n) is 6.24. The lowest BCUT2D eigenvalue weighted by molar-refractivity contribution is -0.261. The summed E-state index contributed by atoms with van der Waals surface area (Å²) in [5.74, 6) is -0.336. The summed E-state index contributed by atoms with van der Waals surface area (Å²) in [6, 6.07) is 0. The molecule has 4 atom stereocenters. The molecule has 4 heteroatoms. The maximum absolute atomic E-state index is 12.2. The monoisotopic (exact) mass is 270 g/mol. The normalized spacial score (nSPS) is 49.8. The third-order valence-corrected chi connectivity index (χ3v) is 6.24. The molecule has 2 aliphatic carbocycles. The van der Waals surface area contributed by atoms with E-state index in [1.807, 2.05) is 6.92 Å². The topological polar surface area (TPSA) is 77.8 Å². The van der Waals surface area contributed by atoms with Crippen LogP contribution in [0.15, 0.2) is 0 Å². The van der Waals surface area contributed by atoms with Gasteiger partial charge in [-0.1, -0.05) is 20.8 Å². The molecule has 0 saturated heterocycles. The van der Waals surface area contributed by atoms with Gasteiger partial charge in [0.05, 0.1) is 16.6 Å². The third kappa shape index (κ3) is 1.66. The molecule has 0 radical (unpaired) electrons. The maximum Gasteiger partial charge on any atom is 0.141 e. The summed E-state index contributed by atoms with van der Waals surface area (Å²) in [6.07, 6.45) is 1.72. The predicted molar refractivity (Wildman–Crippen MR) is 71.5 cm³/mol. The molecule has 2 aliphatic rings. The van der Waals surface area contributed by atoms with Crippen LogP contribution in [0.4, 0.5) is 0 Å². The first-order valence-corrected chi connectivity index (χ1v) is 7.12. The first-order valence-electron chi connectivity index (χ1n) is 7.12. The number of ketones is 1. The molecule has 0 heterocycles. The van der Waals surface area contributed by atoms with Gasteiger partial charge in [-0.3, -0.25) is 4.79 Å². The molecule has 0 bridgehead atoms. The standard InChI is InChI=1S/C15H26O4/c1-12(2)11(17)5-6-13(3)10(9-16)14(4,18)7-8-15(12,13)19/h10,16,18-19H,5-9H2,1-4H3. The summed E-state index contributed by atoms with van der Waals surface area (Å²) >= 11 is 0. The molecular weight excluding hydrogens is 244 g/mol. The first-order chi connectivity index (χ1) is 8.53. The molecule has 2 rings (SSSR count). The minimum Gasteiger partial charge on any atom is -0.396 e. The Balaban J connectivity index is 2.55. The van der Waals surface area contributed by atoms with Crippen molar-refractivity contribution in [2.75, 3.05) is 6.61 Å². The number of aliphatic hydroxyl groups is 3. The van der Waals surface area contributed by atoms with Crippen molar-refractivity contribution in [3.8, 4) is 0 Å². The smallest absolute Gasteiger partial charge is 0.141 e. The SMILES string of the molecule is CC1(O)CCC2(O)C(C)(C)C(=O)CCC2(C)C1CO. The molecule has 19 heavy (non-hydrogen) atoms. The second-order valence-electron chi connectivity index (χ2n) is 7.42. The first kappa shape index (κ1) is 14.9. The Morgan fingerprint density at radius 3 is 2.21 bits per heavy atom. The quantitative estimate of drug-likeness (QED) is 0.670. The van der Waals surface area contributed by atoms with E-state index in [1.165, 1.54) is 0 Å². The second kappa shape index (κ2) is 4.03. The van der Waals surface area contributed by atoms with E-state index in [-0.39, 0.29) is 12.4 Å². The van der Waals surface area contributed by atoms with E-state index in [0.717, 1.165) is 0 Å². The number of carbonyl (C=O) groups excluding carboxylic acids is 1. The van der Waals surface area contributed by atoms with Crippen molar-refractivity contribution in [1.29, 1.82) is 0 Å². The zero-order chi connectivity index (χ0) is 14.7. The average Bonchev–Trinajstić information content (AvgIpc) is 2.30. The fourth-order valence-electron chi connectivity index (χ4n) is 4.59. The number of Topliss-reactive ketones (excluding diaryl/α,β-unsaturated/α-hetero) is 1. The van der Waals surface area contributed by atoms with Crippen LogP contribution in [-0.4, -0.2) is 38.9 Å². The van der Waals surface area contributed by atoms with Crippen molar-refractivity contribution in [3.05, 3.63) is 0 Å². The molecule has 2 saturated carbocycles. The van der Waals surface area contributed by atoms with Crippen LogP contribution in [0.3, 0.4) is 0 Å². The summed E-state index contributed by atoms with van der Waals surface area (Å²) in [6.45, 7) is 7.05. The van der Waals surface area contributed by atoms with Crippen molar-refractivity contribution in [1.82, 2.24) is 0 Å². The van der Waals surface area contributed by atoms with Gasteiger partial charge in [-0.05, 0) is 26.2 Å². The van der Waals surface area contributed by atoms with E-state index < -0.39 is 27.9 Å². The number of carbonyl (C=O) groups is 1. The van der Waals surface area contributed by atoms with Crippen LogP contribution < -0.4 is 0 Å². The zero-order valence-corrected chi connectivity index (χ0v) is 12.4. The zero-order valence-electron chi connectivity index (χ0n) is 12.4. The number of aliphatic hydroxyl groups excluding tert-OH is 1. The highest BCUT2D eigenvalue weighted by molar-refractivity contribution is 5.86. The van der Waals surface area contributed by atoms with Gasteiger partial charge in [0, 0.05) is 24.4 Å². The second-order valence-corrected chi connectivity index (χ2v) is 7.42. The summed E-state index contributed by atoms with van der Waals surface area (Å²) in [4.78, 5) is 12.2. The van der Waals surface area contributed by atoms with Crippen molar-refractivity contribution in [2.45, 2.75) is 64.6 Å². The lowest BCUT2D eigenvalue weighted by Crippen LogP contribution is -2.71. The van der Waals surface area contributed by atoms with Crippen LogP contribution in [0.2, 0.25) is 0 Å². The molecule has 0 aromatic carbocycles. The van der Waals surface area contributed by atoms with Crippen LogP contribution in [0.1, 0.15) is 53.4 Å². The van der Waals surface area contributed by atoms with Crippen molar-refractivity contribution in [3.63, 3.8) is 0 Å². The van der Waals surface area contributed by atoms with Crippen molar-refractivity contribution < 1.29 is 20.1 Å². The van der Waals surface area contributed by atoms with E-state index in [4.69, 9.17) is 0 Å². The maximum atomic E-state index is 12.2. The Bertz CT molecular complexity index is 401. The van der Waals surface area contributed by atoms with Gasteiger partial charge in [-0.2, -0.15) is 0 Å². The van der Waals surface area contributed by atoms with Crippen molar-refractivity contribution in [2.24, 2.45) is 16.7 Å². The lowest BCUT2D eigenvalue weighted by atomic mass is 9.43. The van der Waals surface area contributed by atoms with E-state index in [9.17, 15) is 20.1 Å². The van der Waals surface area contributed by atoms with Crippen LogP contribution in [0, 0.1) is 16.7 Å². The average molecular weight is 270 g/mol. The Kier molecular flexibility index (Phi) is 3.17. The number of hydrogen-bond donors (Lipinski definition) is 3. The Labute approximate surface area is 114 Å². The molecule has 0 aromatic heterocycles. The molecule has 4 unspecified atom stereocenters. The van der Waals surface area contributed by atoms with Gasteiger partial charge in [-0.15, -0.1) is 0 Å². The summed E-state index contributed by atoms with van der Waals surface area (Å²) in [5, 5.41) is 31.5. The van der Waals surface area contributed by atoms with Gasteiger partial charge in [0.15, 0.2) is 0 Å². The molecular formula is C15H26O4. The fourth-order valence-corrected chi connectivity index (χ4v) is 4.59. The number of rotatable bonds is 1. The van der Waals surface area contributed by atoms with Gasteiger partial charge in [0.1, 0.15) is 5.78 Å². The Morgan fingerprint density at radius 1 is 1.11 bits per heavy atom. The molecule has 0 aliphatic heterocycles. The minimum absolute atomic E-state index is 0.0747. The largest absolute Gasteiger partial charge is 0.396 e. The van der Waals surface area contributed by atoms with E-state index >= 15 is 0 Å². The lowest BCUT2D eigenvalue weighted by Gasteiger charge is -2.64. The van der Waals surface area contributed by atoms with E-state index in [2.05, 4.69) is 0 Å². The van der Waals surface area contributed by atoms with Crippen molar-refractivity contribution >= 4 is 5.78 Å². The minimum atomic E-state index is -1.16. The molecule has 2 fully saturated rings. The molecule has 110 valence electrons. The van der Waals surface area contributed by atoms with Gasteiger partial charge in [0.25, 0.3) is 0 Å². The van der Waals surface area contributed by atoms with Gasteiger partial charge in [0.2, 0.25) is 0 Å². The van der Waals surface area contributed by atoms with Crippen LogP contribution in [-0.2, 0) is 4.79 Å². The van der Waals surface area contributed by atoms with Crippen LogP contribution in [0.25, 0.3) is 0 Å². The molecule has 4 nitrogen and oxygen atoms in total. The van der Waals surface area contributed by atoms with E-state index in [1.54, 1.807) is 20.8 Å².